The number of carbonyl (C=O) groups is 2. The van der Waals surface area contributed by atoms with Gasteiger partial charge in [0, 0.05) is 10.7 Å². The monoisotopic (exact) mass is 504 g/mol. The van der Waals surface area contributed by atoms with Crippen LogP contribution in [-0.2, 0) is 12.8 Å². The molecule has 0 aromatic heterocycles. The van der Waals surface area contributed by atoms with Gasteiger partial charge in [-0.15, -0.1) is 0 Å². The molecule has 0 saturated carbocycles. The van der Waals surface area contributed by atoms with Crippen molar-refractivity contribution in [3.05, 3.63) is 86.4 Å². The SMILES string of the molecule is Cc1cc(NC(=O)NC(=O)c2c(F)cccc2F)cc(Cl)c1Oc1ccc(Cl)c2c1CCCC2. The molecule has 5 nitrogen and oxygen atoms in total. The Bertz CT molecular complexity index is 1250. The van der Waals surface area contributed by atoms with E-state index in [0.717, 1.165) is 60.0 Å². The topological polar surface area (TPSA) is 67.4 Å². The summed E-state index contributed by atoms with van der Waals surface area (Å²) in [6, 6.07) is 8.69. The minimum Gasteiger partial charge on any atom is -0.455 e. The number of amides is 3. The van der Waals surface area contributed by atoms with Crippen molar-refractivity contribution in [1.82, 2.24) is 5.32 Å². The zero-order valence-electron chi connectivity index (χ0n) is 18.1. The Balaban J connectivity index is 1.50. The third-order valence-electron chi connectivity index (χ3n) is 5.55. The van der Waals surface area contributed by atoms with Gasteiger partial charge in [0.15, 0.2) is 0 Å². The third-order valence-corrected chi connectivity index (χ3v) is 6.19. The normalized spacial score (nSPS) is 12.6. The molecule has 4 rings (SSSR count). The van der Waals surface area contributed by atoms with Crippen molar-refractivity contribution in [3.8, 4) is 11.5 Å². The first-order chi connectivity index (χ1) is 16.2. The fourth-order valence-electron chi connectivity index (χ4n) is 3.97. The van der Waals surface area contributed by atoms with Gasteiger partial charge in [0.05, 0.1) is 5.02 Å². The van der Waals surface area contributed by atoms with E-state index in [1.165, 1.54) is 6.07 Å². The largest absolute Gasteiger partial charge is 0.455 e. The molecule has 0 atom stereocenters. The van der Waals surface area contributed by atoms with Crippen LogP contribution in [0.25, 0.3) is 0 Å². The summed E-state index contributed by atoms with van der Waals surface area (Å²) in [4.78, 5) is 24.3. The molecule has 0 bridgehead atoms. The summed E-state index contributed by atoms with van der Waals surface area (Å²) in [5.74, 6) is -2.25. The Hall–Kier alpha value is -3.16. The Kier molecular flexibility index (Phi) is 7.05. The fraction of sp³-hybridized carbons (Fsp3) is 0.200. The summed E-state index contributed by atoms with van der Waals surface area (Å²) in [5.41, 5.74) is 2.21. The molecule has 176 valence electrons. The van der Waals surface area contributed by atoms with E-state index >= 15 is 0 Å². The van der Waals surface area contributed by atoms with Gasteiger partial charge < -0.3 is 10.1 Å². The first-order valence-corrected chi connectivity index (χ1v) is 11.3. The lowest BCUT2D eigenvalue weighted by molar-refractivity contribution is 0.0959. The lowest BCUT2D eigenvalue weighted by Gasteiger charge is -2.22. The maximum absolute atomic E-state index is 13.8. The van der Waals surface area contributed by atoms with Gasteiger partial charge >= 0.3 is 6.03 Å². The molecule has 2 N–H and O–H groups in total. The maximum Gasteiger partial charge on any atom is 0.326 e. The van der Waals surface area contributed by atoms with Gasteiger partial charge in [-0.3, -0.25) is 10.1 Å². The maximum atomic E-state index is 13.8. The zero-order valence-corrected chi connectivity index (χ0v) is 19.6. The molecule has 3 aromatic carbocycles. The molecule has 0 unspecified atom stereocenters. The second kappa shape index (κ2) is 9.99. The lowest BCUT2D eigenvalue weighted by Crippen LogP contribution is -2.35. The van der Waals surface area contributed by atoms with Crippen LogP contribution in [0.1, 0.15) is 39.9 Å². The number of hydrogen-bond acceptors (Lipinski definition) is 3. The summed E-state index contributed by atoms with van der Waals surface area (Å²) in [6.07, 6.45) is 3.87. The molecule has 0 fully saturated rings. The van der Waals surface area contributed by atoms with E-state index in [1.807, 2.05) is 11.4 Å². The van der Waals surface area contributed by atoms with Crippen molar-refractivity contribution >= 4 is 40.8 Å². The van der Waals surface area contributed by atoms with Crippen molar-refractivity contribution in [2.75, 3.05) is 5.32 Å². The van der Waals surface area contributed by atoms with Crippen LogP contribution >= 0.6 is 23.2 Å². The highest BCUT2D eigenvalue weighted by atomic mass is 35.5. The number of imide groups is 1. The first-order valence-electron chi connectivity index (χ1n) is 10.6. The third kappa shape index (κ3) is 5.00. The zero-order chi connectivity index (χ0) is 24.4. The molecule has 1 aliphatic rings. The van der Waals surface area contributed by atoms with Crippen molar-refractivity contribution in [2.45, 2.75) is 32.6 Å². The Labute approximate surface area is 205 Å². The number of urea groups is 1. The molecule has 34 heavy (non-hydrogen) atoms. The second-order valence-electron chi connectivity index (χ2n) is 7.92. The van der Waals surface area contributed by atoms with Crippen LogP contribution in [0.2, 0.25) is 10.0 Å². The summed E-state index contributed by atoms with van der Waals surface area (Å²) in [6.45, 7) is 1.76. The molecule has 0 saturated heterocycles. The van der Waals surface area contributed by atoms with Gasteiger partial charge in [-0.2, -0.15) is 0 Å². The Morgan fingerprint density at radius 1 is 0.941 bits per heavy atom. The average molecular weight is 505 g/mol. The van der Waals surface area contributed by atoms with E-state index in [2.05, 4.69) is 5.32 Å². The number of aryl methyl sites for hydroxylation is 1. The smallest absolute Gasteiger partial charge is 0.326 e. The number of fused-ring (bicyclic) bond motifs is 1. The van der Waals surface area contributed by atoms with Crippen LogP contribution < -0.4 is 15.4 Å². The molecule has 0 aliphatic heterocycles. The van der Waals surface area contributed by atoms with Gasteiger partial charge in [0.2, 0.25) is 0 Å². The number of benzene rings is 3. The summed E-state index contributed by atoms with van der Waals surface area (Å²) in [5, 5.41) is 5.30. The molecule has 0 heterocycles. The van der Waals surface area contributed by atoms with E-state index in [1.54, 1.807) is 19.1 Å². The number of ether oxygens (including phenoxy) is 1. The van der Waals surface area contributed by atoms with E-state index in [9.17, 15) is 18.4 Å². The van der Waals surface area contributed by atoms with Gasteiger partial charge in [0.25, 0.3) is 5.91 Å². The number of nitrogens with one attached hydrogen (secondary N) is 2. The molecule has 0 spiro atoms. The van der Waals surface area contributed by atoms with E-state index in [-0.39, 0.29) is 10.7 Å². The highest BCUT2D eigenvalue weighted by Gasteiger charge is 2.21. The molecule has 0 radical (unpaired) electrons. The van der Waals surface area contributed by atoms with Gasteiger partial charge in [-0.1, -0.05) is 29.3 Å². The van der Waals surface area contributed by atoms with Crippen molar-refractivity contribution in [3.63, 3.8) is 0 Å². The molecule has 3 amide bonds. The van der Waals surface area contributed by atoms with E-state index in [0.29, 0.717) is 17.1 Å². The van der Waals surface area contributed by atoms with Crippen LogP contribution in [0.5, 0.6) is 11.5 Å². The molecule has 9 heteroatoms. The summed E-state index contributed by atoms with van der Waals surface area (Å²) in [7, 11) is 0. The Morgan fingerprint density at radius 2 is 1.62 bits per heavy atom. The average Bonchev–Trinajstić information content (AvgIpc) is 2.77. The predicted octanol–water partition coefficient (Wildman–Crippen LogP) is 7.21. The molecule has 3 aromatic rings. The molecule has 1 aliphatic carbocycles. The van der Waals surface area contributed by atoms with E-state index < -0.39 is 29.1 Å². The molecular formula is C25H20Cl2F2N2O3. The highest BCUT2D eigenvalue weighted by molar-refractivity contribution is 6.32. The fourth-order valence-corrected chi connectivity index (χ4v) is 4.55. The van der Waals surface area contributed by atoms with Crippen LogP contribution in [0, 0.1) is 18.6 Å². The molecular weight excluding hydrogens is 485 g/mol. The van der Waals surface area contributed by atoms with Crippen LogP contribution in [0.15, 0.2) is 42.5 Å². The van der Waals surface area contributed by atoms with Gasteiger partial charge in [0.1, 0.15) is 28.7 Å². The number of hydrogen-bond donors (Lipinski definition) is 2. The van der Waals surface area contributed by atoms with Crippen LogP contribution in [0.3, 0.4) is 0 Å². The first kappa shape index (κ1) is 24.0. The van der Waals surface area contributed by atoms with Gasteiger partial charge in [-0.25, -0.2) is 13.6 Å². The van der Waals surface area contributed by atoms with Crippen molar-refractivity contribution in [2.24, 2.45) is 0 Å². The number of anilines is 1. The summed E-state index contributed by atoms with van der Waals surface area (Å²) >= 11 is 12.8. The van der Waals surface area contributed by atoms with Crippen LogP contribution in [-0.4, -0.2) is 11.9 Å². The van der Waals surface area contributed by atoms with Gasteiger partial charge in [-0.05, 0) is 85.7 Å². The number of halogens is 4. The van der Waals surface area contributed by atoms with Crippen molar-refractivity contribution in [1.29, 1.82) is 0 Å². The lowest BCUT2D eigenvalue weighted by atomic mass is 9.91. The highest BCUT2D eigenvalue weighted by Crippen LogP contribution is 2.40. The van der Waals surface area contributed by atoms with Crippen LogP contribution in [0.4, 0.5) is 19.3 Å². The quantitative estimate of drug-likeness (QED) is 0.394. The van der Waals surface area contributed by atoms with Crippen molar-refractivity contribution < 1.29 is 23.1 Å². The predicted molar refractivity (Wildman–Crippen MR) is 127 cm³/mol. The van der Waals surface area contributed by atoms with E-state index in [4.69, 9.17) is 27.9 Å². The minimum absolute atomic E-state index is 0.237. The number of carbonyl (C=O) groups excluding carboxylic acids is 2. The minimum atomic E-state index is -1.21. The second-order valence-corrected chi connectivity index (χ2v) is 8.74. The Morgan fingerprint density at radius 3 is 2.29 bits per heavy atom. The number of rotatable bonds is 4. The summed E-state index contributed by atoms with van der Waals surface area (Å²) < 4.78 is 33.7. The standard InChI is InChI=1S/C25H20Cl2F2N2O3/c1-13-11-14(30-25(33)31-24(32)22-19(28)7-4-8-20(22)29)12-18(27)23(13)34-21-10-9-17(26)15-5-2-3-6-16(15)21/h4,7-12H,2-3,5-6H2,1H3,(H2,30,31,32,33).